The van der Waals surface area contributed by atoms with Gasteiger partial charge in [-0.1, -0.05) is 36.4 Å². The van der Waals surface area contributed by atoms with Crippen LogP contribution in [0, 0.1) is 0 Å². The molecule has 0 N–H and O–H groups in total. The summed E-state index contributed by atoms with van der Waals surface area (Å²) in [6.07, 6.45) is -0.763. The Hall–Kier alpha value is -1.81. The van der Waals surface area contributed by atoms with Crippen LogP contribution in [-0.2, 0) is 12.4 Å². The maximum Gasteiger partial charge on any atom is 0.450 e. The van der Waals surface area contributed by atoms with Gasteiger partial charge in [-0.25, -0.2) is 4.79 Å². The lowest BCUT2D eigenvalue weighted by molar-refractivity contribution is 0.212. The van der Waals surface area contributed by atoms with E-state index in [-0.39, 0.29) is 0 Å². The number of amides is 1. The van der Waals surface area contributed by atoms with Crippen LogP contribution in [0.15, 0.2) is 46.8 Å². The van der Waals surface area contributed by atoms with E-state index in [1.54, 1.807) is 6.07 Å². The number of hydrogen-bond donors (Lipinski definition) is 0. The van der Waals surface area contributed by atoms with Gasteiger partial charge in [0.15, 0.2) is 0 Å². The number of hydrogen-bond acceptors (Lipinski definition) is 3. The van der Waals surface area contributed by atoms with Crippen molar-refractivity contribution in [1.82, 2.24) is 0 Å². The Morgan fingerprint density at radius 3 is 2.67 bits per heavy atom. The standard InChI is InChI=1S/C11H7NO2S/c13-11(12-15)14-10-7-3-5-8-4-1-2-6-9(8)10/h1-7H. The minimum atomic E-state index is -0.763. The highest BCUT2D eigenvalue weighted by molar-refractivity contribution is 7.47. The third-order valence-corrected chi connectivity index (χ3v) is 2.17. The van der Waals surface area contributed by atoms with Crippen molar-refractivity contribution in [3.63, 3.8) is 0 Å². The van der Waals surface area contributed by atoms with Crippen LogP contribution in [0.1, 0.15) is 0 Å². The first kappa shape index (κ1) is 9.73. The van der Waals surface area contributed by atoms with Crippen molar-refractivity contribution in [1.29, 1.82) is 0 Å². The van der Waals surface area contributed by atoms with Crippen LogP contribution in [0.4, 0.5) is 4.79 Å². The number of carbonyl (C=O) groups is 1. The minimum Gasteiger partial charge on any atom is -0.407 e. The van der Waals surface area contributed by atoms with Gasteiger partial charge >= 0.3 is 6.09 Å². The van der Waals surface area contributed by atoms with E-state index in [4.69, 9.17) is 4.74 Å². The summed E-state index contributed by atoms with van der Waals surface area (Å²) in [6.45, 7) is 0. The van der Waals surface area contributed by atoms with Crippen molar-refractivity contribution in [3.05, 3.63) is 42.5 Å². The molecule has 15 heavy (non-hydrogen) atoms. The Morgan fingerprint density at radius 1 is 1.13 bits per heavy atom. The molecule has 0 aliphatic carbocycles. The second-order valence-electron chi connectivity index (χ2n) is 2.94. The van der Waals surface area contributed by atoms with Crippen LogP contribution >= 0.6 is 0 Å². The van der Waals surface area contributed by atoms with Crippen molar-refractivity contribution >= 4 is 29.3 Å². The van der Waals surface area contributed by atoms with Crippen LogP contribution in [0.25, 0.3) is 10.8 Å². The van der Waals surface area contributed by atoms with Crippen LogP contribution in [-0.4, -0.2) is 6.09 Å². The quantitative estimate of drug-likeness (QED) is 0.736. The molecule has 3 nitrogen and oxygen atoms in total. The molecule has 0 aromatic heterocycles. The van der Waals surface area contributed by atoms with Gasteiger partial charge in [-0.3, -0.25) is 0 Å². The molecule has 2 aromatic rings. The number of benzene rings is 2. The first-order chi connectivity index (χ1) is 7.31. The summed E-state index contributed by atoms with van der Waals surface area (Å²) >= 11 is 4.25. The summed E-state index contributed by atoms with van der Waals surface area (Å²) in [5, 5.41) is 1.87. The average Bonchev–Trinajstić information content (AvgIpc) is 2.29. The Labute approximate surface area is 91.8 Å². The summed E-state index contributed by atoms with van der Waals surface area (Å²) in [6, 6.07) is 13.1. The lowest BCUT2D eigenvalue weighted by Gasteiger charge is -2.04. The predicted octanol–water partition coefficient (Wildman–Crippen LogP) is 3.07. The molecule has 1 amide bonds. The summed E-state index contributed by atoms with van der Waals surface area (Å²) < 4.78 is 7.98. The molecule has 2 rings (SSSR count). The molecule has 74 valence electrons. The zero-order valence-corrected chi connectivity index (χ0v) is 8.53. The molecule has 2 aromatic carbocycles. The smallest absolute Gasteiger partial charge is 0.407 e. The fourth-order valence-corrected chi connectivity index (χ4v) is 1.43. The van der Waals surface area contributed by atoms with Gasteiger partial charge in [0.1, 0.15) is 5.75 Å². The fraction of sp³-hybridized carbons (Fsp3) is 0. The van der Waals surface area contributed by atoms with E-state index in [1.807, 2.05) is 36.4 Å². The monoisotopic (exact) mass is 217 g/mol. The SMILES string of the molecule is O=C(N=S)Oc1cccc2ccccc12. The predicted molar refractivity (Wildman–Crippen MR) is 59.8 cm³/mol. The van der Waals surface area contributed by atoms with Crippen LogP contribution in [0.5, 0.6) is 5.75 Å². The molecule has 0 radical (unpaired) electrons. The van der Waals surface area contributed by atoms with E-state index in [1.165, 1.54) is 0 Å². The van der Waals surface area contributed by atoms with Gasteiger partial charge in [0.25, 0.3) is 0 Å². The average molecular weight is 217 g/mol. The normalized spacial score (nSPS) is 9.87. The van der Waals surface area contributed by atoms with Crippen molar-refractivity contribution in [2.75, 3.05) is 0 Å². The Balaban J connectivity index is 2.51. The molecule has 0 heterocycles. The molecule has 0 spiro atoms. The van der Waals surface area contributed by atoms with E-state index in [0.29, 0.717) is 5.75 Å². The minimum absolute atomic E-state index is 0.478. The molecule has 0 atom stereocenters. The van der Waals surface area contributed by atoms with Gasteiger partial charge in [0.05, 0.1) is 0 Å². The Bertz CT molecular complexity index is 519. The Morgan fingerprint density at radius 2 is 1.87 bits per heavy atom. The lowest BCUT2D eigenvalue weighted by atomic mass is 10.1. The third kappa shape index (κ3) is 1.99. The van der Waals surface area contributed by atoms with Crippen molar-refractivity contribution < 1.29 is 9.53 Å². The van der Waals surface area contributed by atoms with Crippen molar-refractivity contribution in [2.45, 2.75) is 0 Å². The van der Waals surface area contributed by atoms with Gasteiger partial charge in [-0.15, -0.1) is 4.36 Å². The Kier molecular flexibility index (Phi) is 2.69. The van der Waals surface area contributed by atoms with E-state index in [9.17, 15) is 4.79 Å². The van der Waals surface area contributed by atoms with E-state index >= 15 is 0 Å². The number of ether oxygens (including phenoxy) is 1. The van der Waals surface area contributed by atoms with Gasteiger partial charge in [-0.05, 0) is 11.5 Å². The maximum atomic E-state index is 10.9. The number of rotatable bonds is 1. The zero-order chi connectivity index (χ0) is 10.7. The maximum absolute atomic E-state index is 10.9. The third-order valence-electron chi connectivity index (χ3n) is 2.02. The molecule has 0 aliphatic heterocycles. The first-order valence-electron chi connectivity index (χ1n) is 4.34. The molecular weight excluding hydrogens is 210 g/mol. The van der Waals surface area contributed by atoms with Crippen LogP contribution < -0.4 is 4.74 Å². The summed E-state index contributed by atoms with van der Waals surface area (Å²) in [5.74, 6) is 0.478. The molecule has 0 fully saturated rings. The highest BCUT2D eigenvalue weighted by Gasteiger charge is 2.05. The summed E-state index contributed by atoms with van der Waals surface area (Å²) in [7, 11) is 0. The lowest BCUT2D eigenvalue weighted by Crippen LogP contribution is -2.00. The second kappa shape index (κ2) is 4.14. The van der Waals surface area contributed by atoms with Crippen LogP contribution in [0.3, 0.4) is 0 Å². The van der Waals surface area contributed by atoms with E-state index in [0.717, 1.165) is 10.8 Å². The number of nitrogens with zero attached hydrogens (tertiary/aromatic N) is 1. The zero-order valence-electron chi connectivity index (χ0n) is 7.71. The van der Waals surface area contributed by atoms with E-state index in [2.05, 4.69) is 16.8 Å². The highest BCUT2D eigenvalue weighted by atomic mass is 32.1. The largest absolute Gasteiger partial charge is 0.450 e. The van der Waals surface area contributed by atoms with Gasteiger partial charge in [0.2, 0.25) is 0 Å². The van der Waals surface area contributed by atoms with Gasteiger partial charge in [-0.2, -0.15) is 0 Å². The van der Waals surface area contributed by atoms with Crippen LogP contribution in [0.2, 0.25) is 0 Å². The van der Waals surface area contributed by atoms with Crippen molar-refractivity contribution in [2.24, 2.45) is 4.36 Å². The van der Waals surface area contributed by atoms with Gasteiger partial charge in [0, 0.05) is 17.8 Å². The second-order valence-corrected chi connectivity index (χ2v) is 3.12. The topological polar surface area (TPSA) is 38.7 Å². The molecular formula is C11H7NO2S. The summed E-state index contributed by atoms with van der Waals surface area (Å²) in [4.78, 5) is 10.9. The molecule has 4 heteroatoms. The number of fused-ring (bicyclic) bond motifs is 1. The summed E-state index contributed by atoms with van der Waals surface area (Å²) in [5.41, 5.74) is 0. The van der Waals surface area contributed by atoms with E-state index < -0.39 is 6.09 Å². The number of carbonyl (C=O) groups excluding carboxylic acids is 1. The van der Waals surface area contributed by atoms with Gasteiger partial charge < -0.3 is 4.74 Å². The first-order valence-corrected chi connectivity index (χ1v) is 4.71. The molecule has 0 saturated heterocycles. The fourth-order valence-electron chi connectivity index (χ4n) is 1.40. The molecule has 0 unspecified atom stereocenters. The van der Waals surface area contributed by atoms with Crippen molar-refractivity contribution in [3.8, 4) is 5.75 Å². The molecule has 0 bridgehead atoms. The highest BCUT2D eigenvalue weighted by Crippen LogP contribution is 2.25. The molecule has 0 saturated carbocycles. The molecule has 0 aliphatic rings.